The summed E-state index contributed by atoms with van der Waals surface area (Å²) in [4.78, 5) is 71.8. The first-order valence-corrected chi connectivity index (χ1v) is 7.85. The van der Waals surface area contributed by atoms with Crippen LogP contribution in [0.2, 0.25) is 0 Å². The Morgan fingerprint density at radius 2 is 1.63 bits per heavy atom. The second-order valence-electron chi connectivity index (χ2n) is 5.87. The molecule has 1 amide bonds. The summed E-state index contributed by atoms with van der Waals surface area (Å²) in [7, 11) is 0.917. The SMILES string of the molecule is COC(=O)C(=O)C(C(=O)C=C(C)C)C(=O)C(=O)Nc1cccc(C(C)=O)c1. The number of esters is 1. The third kappa shape index (κ3) is 5.81. The van der Waals surface area contributed by atoms with Crippen LogP contribution < -0.4 is 5.32 Å². The van der Waals surface area contributed by atoms with Crippen molar-refractivity contribution in [1.82, 2.24) is 0 Å². The summed E-state index contributed by atoms with van der Waals surface area (Å²) in [6.45, 7) is 4.43. The molecule has 1 N–H and O–H groups in total. The van der Waals surface area contributed by atoms with Gasteiger partial charge in [-0.2, -0.15) is 0 Å². The maximum Gasteiger partial charge on any atom is 0.375 e. The van der Waals surface area contributed by atoms with Gasteiger partial charge in [-0.1, -0.05) is 17.7 Å². The third-order valence-corrected chi connectivity index (χ3v) is 3.38. The molecule has 0 saturated heterocycles. The van der Waals surface area contributed by atoms with Gasteiger partial charge in [0.2, 0.25) is 5.78 Å². The lowest BCUT2D eigenvalue weighted by molar-refractivity contribution is -0.157. The lowest BCUT2D eigenvalue weighted by atomic mass is 9.92. The van der Waals surface area contributed by atoms with Crippen LogP contribution in [0.25, 0.3) is 0 Å². The Morgan fingerprint density at radius 3 is 2.15 bits per heavy atom. The fourth-order valence-corrected chi connectivity index (χ4v) is 2.10. The van der Waals surface area contributed by atoms with Crippen molar-refractivity contribution in [1.29, 1.82) is 0 Å². The number of rotatable bonds is 8. The minimum Gasteiger partial charge on any atom is -0.463 e. The van der Waals surface area contributed by atoms with Gasteiger partial charge in [0.25, 0.3) is 11.7 Å². The Hall–Kier alpha value is -3.42. The van der Waals surface area contributed by atoms with Crippen molar-refractivity contribution in [2.45, 2.75) is 20.8 Å². The summed E-state index contributed by atoms with van der Waals surface area (Å²) in [5.74, 6) is -8.90. The molecule has 8 heteroatoms. The van der Waals surface area contributed by atoms with Gasteiger partial charge >= 0.3 is 5.97 Å². The average molecular weight is 373 g/mol. The molecular weight excluding hydrogens is 354 g/mol. The number of carbonyl (C=O) groups is 6. The number of benzene rings is 1. The minimum atomic E-state index is -2.14. The van der Waals surface area contributed by atoms with Crippen LogP contribution in [0.4, 0.5) is 5.69 Å². The number of ketones is 4. The van der Waals surface area contributed by atoms with Crippen LogP contribution in [0, 0.1) is 5.92 Å². The molecule has 1 atom stereocenters. The number of Topliss-reactive ketones (excluding diaryl/α,β-unsaturated/α-hetero) is 3. The van der Waals surface area contributed by atoms with Crippen LogP contribution in [0.1, 0.15) is 31.1 Å². The normalized spacial score (nSPS) is 11.0. The van der Waals surface area contributed by atoms with Crippen LogP contribution >= 0.6 is 0 Å². The molecule has 0 aromatic heterocycles. The van der Waals surface area contributed by atoms with E-state index in [-0.39, 0.29) is 11.5 Å². The maximum absolute atomic E-state index is 12.4. The molecule has 1 unspecified atom stereocenters. The smallest absolute Gasteiger partial charge is 0.375 e. The van der Waals surface area contributed by atoms with Crippen LogP contribution in [0.5, 0.6) is 0 Å². The summed E-state index contributed by atoms with van der Waals surface area (Å²) in [5.41, 5.74) is 0.896. The van der Waals surface area contributed by atoms with Gasteiger partial charge in [-0.15, -0.1) is 0 Å². The highest BCUT2D eigenvalue weighted by Crippen LogP contribution is 2.13. The zero-order valence-electron chi connectivity index (χ0n) is 15.3. The zero-order valence-corrected chi connectivity index (χ0v) is 15.3. The minimum absolute atomic E-state index is 0.125. The van der Waals surface area contributed by atoms with Crippen LogP contribution in [0.3, 0.4) is 0 Å². The lowest BCUT2D eigenvalue weighted by Crippen LogP contribution is -2.41. The fourth-order valence-electron chi connectivity index (χ4n) is 2.10. The number of hydrogen-bond donors (Lipinski definition) is 1. The molecule has 1 aromatic carbocycles. The van der Waals surface area contributed by atoms with E-state index in [0.29, 0.717) is 11.1 Å². The van der Waals surface area contributed by atoms with Crippen LogP contribution in [0.15, 0.2) is 35.9 Å². The van der Waals surface area contributed by atoms with E-state index in [1.165, 1.54) is 31.2 Å². The largest absolute Gasteiger partial charge is 0.463 e. The zero-order chi connectivity index (χ0) is 20.7. The van der Waals surface area contributed by atoms with E-state index < -0.39 is 35.1 Å². The number of nitrogens with one attached hydrogen (secondary N) is 1. The van der Waals surface area contributed by atoms with Gasteiger partial charge in [-0.05, 0) is 39.0 Å². The van der Waals surface area contributed by atoms with Crippen molar-refractivity contribution in [3.8, 4) is 0 Å². The van der Waals surface area contributed by atoms with E-state index in [4.69, 9.17) is 0 Å². The average Bonchev–Trinajstić information content (AvgIpc) is 2.60. The van der Waals surface area contributed by atoms with Gasteiger partial charge in [0, 0.05) is 11.3 Å². The molecule has 0 aliphatic heterocycles. The summed E-state index contributed by atoms with van der Waals surface area (Å²) in [6, 6.07) is 5.76. The summed E-state index contributed by atoms with van der Waals surface area (Å²) >= 11 is 0. The highest BCUT2D eigenvalue weighted by atomic mass is 16.5. The number of methoxy groups -OCH3 is 1. The molecule has 27 heavy (non-hydrogen) atoms. The molecule has 0 spiro atoms. The van der Waals surface area contributed by atoms with Gasteiger partial charge in [-0.25, -0.2) is 4.79 Å². The first-order valence-electron chi connectivity index (χ1n) is 7.85. The standard InChI is InChI=1S/C19H19NO7/c1-10(2)8-14(22)15(17(24)19(26)27-4)16(23)18(25)20-13-7-5-6-12(9-13)11(3)21/h5-9,15H,1-4H3,(H,20,25). The maximum atomic E-state index is 12.4. The highest BCUT2D eigenvalue weighted by Gasteiger charge is 2.40. The number of ether oxygens (including phenoxy) is 1. The summed E-state index contributed by atoms with van der Waals surface area (Å²) in [6.07, 6.45) is 0.993. The predicted octanol–water partition coefficient (Wildman–Crippen LogP) is 1.29. The topological polar surface area (TPSA) is 124 Å². The van der Waals surface area contributed by atoms with Crippen molar-refractivity contribution in [3.63, 3.8) is 0 Å². The van der Waals surface area contributed by atoms with Gasteiger partial charge < -0.3 is 10.1 Å². The van der Waals surface area contributed by atoms with E-state index in [1.54, 1.807) is 13.8 Å². The van der Waals surface area contributed by atoms with Crippen molar-refractivity contribution in [2.75, 3.05) is 12.4 Å². The number of anilines is 1. The summed E-state index contributed by atoms with van der Waals surface area (Å²) in [5, 5.41) is 2.22. The monoisotopic (exact) mass is 373 g/mol. The molecule has 8 nitrogen and oxygen atoms in total. The Kier molecular flexibility index (Phi) is 7.47. The van der Waals surface area contributed by atoms with E-state index in [0.717, 1.165) is 13.2 Å². The quantitative estimate of drug-likeness (QED) is 0.239. The van der Waals surface area contributed by atoms with E-state index >= 15 is 0 Å². The highest BCUT2D eigenvalue weighted by molar-refractivity contribution is 6.55. The Morgan fingerprint density at radius 1 is 1.00 bits per heavy atom. The molecule has 0 saturated carbocycles. The molecule has 142 valence electrons. The van der Waals surface area contributed by atoms with Gasteiger partial charge in [0.15, 0.2) is 17.5 Å². The van der Waals surface area contributed by atoms with E-state index in [1.807, 2.05) is 0 Å². The first-order chi connectivity index (χ1) is 12.6. The lowest BCUT2D eigenvalue weighted by Gasteiger charge is -2.11. The Labute approximate surface area is 155 Å². The van der Waals surface area contributed by atoms with Gasteiger partial charge in [-0.3, -0.25) is 24.0 Å². The van der Waals surface area contributed by atoms with Gasteiger partial charge in [0.05, 0.1) is 7.11 Å². The van der Waals surface area contributed by atoms with Gasteiger partial charge in [0.1, 0.15) is 0 Å². The van der Waals surface area contributed by atoms with Crippen molar-refractivity contribution < 1.29 is 33.5 Å². The molecule has 1 rings (SSSR count). The Balaban J connectivity index is 3.15. The molecule has 0 radical (unpaired) electrons. The predicted molar refractivity (Wildman–Crippen MR) is 95.0 cm³/mol. The van der Waals surface area contributed by atoms with Crippen molar-refractivity contribution in [3.05, 3.63) is 41.5 Å². The molecule has 0 aliphatic carbocycles. The molecule has 1 aromatic rings. The first kappa shape index (κ1) is 21.6. The van der Waals surface area contributed by atoms with Crippen molar-refractivity contribution in [2.24, 2.45) is 5.92 Å². The van der Waals surface area contributed by atoms with Crippen LogP contribution in [-0.4, -0.2) is 42.1 Å². The third-order valence-electron chi connectivity index (χ3n) is 3.38. The molecule has 0 aliphatic rings. The number of hydrogen-bond acceptors (Lipinski definition) is 7. The Bertz CT molecular complexity index is 847. The number of allylic oxidation sites excluding steroid dienone is 2. The van der Waals surface area contributed by atoms with E-state index in [9.17, 15) is 28.8 Å². The molecular formula is C19H19NO7. The number of amides is 1. The molecule has 0 heterocycles. The second-order valence-corrected chi connectivity index (χ2v) is 5.87. The fraction of sp³-hybridized carbons (Fsp3) is 0.263. The van der Waals surface area contributed by atoms with E-state index in [2.05, 4.69) is 10.1 Å². The number of carbonyl (C=O) groups excluding carboxylic acids is 6. The second kappa shape index (κ2) is 9.33. The molecule has 0 fully saturated rings. The summed E-state index contributed by atoms with van der Waals surface area (Å²) < 4.78 is 4.26. The van der Waals surface area contributed by atoms with Crippen LogP contribution in [-0.2, 0) is 28.7 Å². The molecule has 0 bridgehead atoms. The van der Waals surface area contributed by atoms with Crippen molar-refractivity contribution >= 4 is 40.7 Å².